The quantitative estimate of drug-likeness (QED) is 0.653. The van der Waals surface area contributed by atoms with Crippen LogP contribution in [0.1, 0.15) is 27.2 Å². The van der Waals surface area contributed by atoms with Gasteiger partial charge < -0.3 is 15.7 Å². The Bertz CT molecular complexity index is 392. The lowest BCUT2D eigenvalue weighted by molar-refractivity contribution is -0.122. The van der Waals surface area contributed by atoms with Crippen molar-refractivity contribution in [3.63, 3.8) is 0 Å². The fourth-order valence-corrected chi connectivity index (χ4v) is 1.68. The second-order valence-corrected chi connectivity index (χ2v) is 4.82. The number of aliphatic hydroxyl groups excluding tert-OH is 1. The summed E-state index contributed by atoms with van der Waals surface area (Å²) in [5.41, 5.74) is 0.919. The first-order valence-electron chi connectivity index (χ1n) is 6.73. The van der Waals surface area contributed by atoms with Gasteiger partial charge in [-0.25, -0.2) is 0 Å². The molecular formula is C13H24N4O2. The second-order valence-electron chi connectivity index (χ2n) is 4.82. The van der Waals surface area contributed by atoms with E-state index in [1.165, 1.54) is 0 Å². The number of aromatic nitrogens is 2. The molecule has 1 aromatic heterocycles. The molecule has 19 heavy (non-hydrogen) atoms. The van der Waals surface area contributed by atoms with Crippen LogP contribution in [0.2, 0.25) is 0 Å². The van der Waals surface area contributed by atoms with Crippen LogP contribution in [0.15, 0.2) is 12.4 Å². The highest BCUT2D eigenvalue weighted by Gasteiger charge is 2.11. The third-order valence-corrected chi connectivity index (χ3v) is 3.26. The summed E-state index contributed by atoms with van der Waals surface area (Å²) in [6.45, 7) is 6.89. The molecule has 0 bridgehead atoms. The molecule has 0 aromatic carbocycles. The molecule has 108 valence electrons. The zero-order chi connectivity index (χ0) is 14.3. The number of rotatable bonds is 8. The fraction of sp³-hybridized carbons (Fsp3) is 0.692. The first-order valence-corrected chi connectivity index (χ1v) is 6.73. The lowest BCUT2D eigenvalue weighted by Crippen LogP contribution is -2.30. The number of nitrogens with one attached hydrogen (secondary N) is 2. The maximum absolute atomic E-state index is 11.5. The van der Waals surface area contributed by atoms with Crippen molar-refractivity contribution in [3.05, 3.63) is 12.4 Å². The number of anilines is 1. The van der Waals surface area contributed by atoms with Crippen molar-refractivity contribution in [2.24, 2.45) is 5.92 Å². The molecule has 2 unspecified atom stereocenters. The van der Waals surface area contributed by atoms with Crippen LogP contribution in [-0.2, 0) is 11.3 Å². The zero-order valence-corrected chi connectivity index (χ0v) is 11.9. The van der Waals surface area contributed by atoms with E-state index in [-0.39, 0.29) is 25.6 Å². The molecule has 0 saturated carbocycles. The molecule has 1 rings (SSSR count). The first-order chi connectivity index (χ1) is 9.06. The van der Waals surface area contributed by atoms with E-state index < -0.39 is 0 Å². The van der Waals surface area contributed by atoms with Gasteiger partial charge in [0.1, 0.15) is 6.54 Å². The molecule has 0 spiro atoms. The Balaban J connectivity index is 2.46. The van der Waals surface area contributed by atoms with Gasteiger partial charge in [-0.05, 0) is 12.8 Å². The molecular weight excluding hydrogens is 244 g/mol. The topological polar surface area (TPSA) is 79.2 Å². The number of nitrogens with zero attached hydrogens (tertiary/aromatic N) is 2. The van der Waals surface area contributed by atoms with Crippen LogP contribution >= 0.6 is 0 Å². The van der Waals surface area contributed by atoms with E-state index in [0.29, 0.717) is 12.0 Å². The number of carbonyl (C=O) groups excluding carboxylic acids is 1. The Morgan fingerprint density at radius 3 is 2.89 bits per heavy atom. The molecule has 1 amide bonds. The summed E-state index contributed by atoms with van der Waals surface area (Å²) >= 11 is 0. The minimum absolute atomic E-state index is 0.0515. The van der Waals surface area contributed by atoms with Gasteiger partial charge in [0.15, 0.2) is 0 Å². The predicted molar refractivity (Wildman–Crippen MR) is 74.9 cm³/mol. The van der Waals surface area contributed by atoms with Gasteiger partial charge in [-0.2, -0.15) is 5.10 Å². The highest BCUT2D eigenvalue weighted by atomic mass is 16.3. The highest BCUT2D eigenvalue weighted by molar-refractivity contribution is 5.75. The molecule has 3 N–H and O–H groups in total. The van der Waals surface area contributed by atoms with E-state index in [1.807, 2.05) is 6.20 Å². The third-order valence-electron chi connectivity index (χ3n) is 3.26. The van der Waals surface area contributed by atoms with Crippen molar-refractivity contribution in [1.29, 1.82) is 0 Å². The van der Waals surface area contributed by atoms with Crippen molar-refractivity contribution in [1.82, 2.24) is 15.1 Å². The largest absolute Gasteiger partial charge is 0.395 e. The average molecular weight is 268 g/mol. The lowest BCUT2D eigenvalue weighted by atomic mass is 10.0. The van der Waals surface area contributed by atoms with E-state index >= 15 is 0 Å². The van der Waals surface area contributed by atoms with Crippen molar-refractivity contribution < 1.29 is 9.90 Å². The molecule has 0 saturated heterocycles. The van der Waals surface area contributed by atoms with Crippen LogP contribution in [0.5, 0.6) is 0 Å². The van der Waals surface area contributed by atoms with Crippen molar-refractivity contribution in [2.75, 3.05) is 18.5 Å². The smallest absolute Gasteiger partial charge is 0.241 e. The minimum atomic E-state index is -0.154. The van der Waals surface area contributed by atoms with E-state index in [0.717, 1.165) is 12.1 Å². The molecule has 6 heteroatoms. The SMILES string of the molecule is CCC(C)C(C)Nc1cnn(CC(=O)NCCO)c1. The Morgan fingerprint density at radius 1 is 1.53 bits per heavy atom. The number of hydrogen-bond acceptors (Lipinski definition) is 4. The van der Waals surface area contributed by atoms with Crippen LogP contribution < -0.4 is 10.6 Å². The van der Waals surface area contributed by atoms with E-state index in [9.17, 15) is 4.79 Å². The Kier molecular flexibility index (Phi) is 6.35. The number of hydrogen-bond donors (Lipinski definition) is 3. The number of carbonyl (C=O) groups is 1. The summed E-state index contributed by atoms with van der Waals surface area (Å²) in [7, 11) is 0. The van der Waals surface area contributed by atoms with E-state index in [1.54, 1.807) is 10.9 Å². The van der Waals surface area contributed by atoms with Crippen LogP contribution in [-0.4, -0.2) is 40.0 Å². The molecule has 0 radical (unpaired) electrons. The molecule has 0 aliphatic heterocycles. The second kappa shape index (κ2) is 7.78. The van der Waals surface area contributed by atoms with Gasteiger partial charge >= 0.3 is 0 Å². The van der Waals surface area contributed by atoms with Gasteiger partial charge in [-0.3, -0.25) is 9.48 Å². The lowest BCUT2D eigenvalue weighted by Gasteiger charge is -2.19. The fourth-order valence-electron chi connectivity index (χ4n) is 1.68. The van der Waals surface area contributed by atoms with Crippen LogP contribution in [0, 0.1) is 5.92 Å². The molecule has 1 aromatic rings. The average Bonchev–Trinajstić information content (AvgIpc) is 2.82. The molecule has 0 fully saturated rings. The first kappa shape index (κ1) is 15.5. The van der Waals surface area contributed by atoms with Crippen LogP contribution in [0.25, 0.3) is 0 Å². The van der Waals surface area contributed by atoms with Gasteiger partial charge in [0.05, 0.1) is 18.5 Å². The summed E-state index contributed by atoms with van der Waals surface area (Å²) in [5.74, 6) is 0.426. The van der Waals surface area contributed by atoms with Gasteiger partial charge in [0.2, 0.25) is 5.91 Å². The molecule has 6 nitrogen and oxygen atoms in total. The van der Waals surface area contributed by atoms with Crippen molar-refractivity contribution in [3.8, 4) is 0 Å². The minimum Gasteiger partial charge on any atom is -0.395 e. The zero-order valence-electron chi connectivity index (χ0n) is 11.9. The van der Waals surface area contributed by atoms with Gasteiger partial charge in [0, 0.05) is 18.8 Å². The number of amides is 1. The molecule has 1 heterocycles. The summed E-state index contributed by atoms with van der Waals surface area (Å²) in [6, 6.07) is 0.367. The Morgan fingerprint density at radius 2 is 2.26 bits per heavy atom. The maximum Gasteiger partial charge on any atom is 0.241 e. The molecule has 0 aliphatic rings. The summed E-state index contributed by atoms with van der Waals surface area (Å²) in [6.07, 6.45) is 4.65. The Hall–Kier alpha value is -1.56. The Labute approximate surface area is 114 Å². The van der Waals surface area contributed by atoms with Crippen LogP contribution in [0.3, 0.4) is 0 Å². The van der Waals surface area contributed by atoms with E-state index in [4.69, 9.17) is 5.11 Å². The van der Waals surface area contributed by atoms with Crippen molar-refractivity contribution in [2.45, 2.75) is 39.8 Å². The van der Waals surface area contributed by atoms with Gasteiger partial charge in [0.25, 0.3) is 0 Å². The standard InChI is InChI=1S/C13H24N4O2/c1-4-10(2)11(3)16-12-7-15-17(8-12)9-13(19)14-5-6-18/h7-8,10-11,16,18H,4-6,9H2,1-3H3,(H,14,19). The monoisotopic (exact) mass is 268 g/mol. The predicted octanol–water partition coefficient (Wildman–Crippen LogP) is 0.838. The molecule has 2 atom stereocenters. The highest BCUT2D eigenvalue weighted by Crippen LogP contribution is 2.14. The van der Waals surface area contributed by atoms with Gasteiger partial charge in [-0.15, -0.1) is 0 Å². The summed E-state index contributed by atoms with van der Waals surface area (Å²) < 4.78 is 1.58. The maximum atomic E-state index is 11.5. The summed E-state index contributed by atoms with van der Waals surface area (Å²) in [5, 5.41) is 18.7. The number of aliphatic hydroxyl groups is 1. The summed E-state index contributed by atoms with van der Waals surface area (Å²) in [4.78, 5) is 11.5. The van der Waals surface area contributed by atoms with Gasteiger partial charge in [-0.1, -0.05) is 20.3 Å². The molecule has 0 aliphatic carbocycles. The van der Waals surface area contributed by atoms with E-state index in [2.05, 4.69) is 36.5 Å². The van der Waals surface area contributed by atoms with Crippen LogP contribution in [0.4, 0.5) is 5.69 Å². The third kappa shape index (κ3) is 5.30. The van der Waals surface area contributed by atoms with Crippen molar-refractivity contribution >= 4 is 11.6 Å². The normalized spacial score (nSPS) is 13.9.